The van der Waals surface area contributed by atoms with Crippen LogP contribution in [0.1, 0.15) is 18.7 Å². The van der Waals surface area contributed by atoms with Crippen LogP contribution in [0.15, 0.2) is 39.4 Å². The molecule has 0 radical (unpaired) electrons. The van der Waals surface area contributed by atoms with Crippen LogP contribution < -0.4 is 5.32 Å². The fourth-order valence-electron chi connectivity index (χ4n) is 1.72. The fraction of sp³-hybridized carbons (Fsp3) is 0.250. The zero-order valence-electron chi connectivity index (χ0n) is 9.61. The lowest BCUT2D eigenvalue weighted by atomic mass is 10.2. The third-order valence-electron chi connectivity index (χ3n) is 2.60. The molecule has 90 valence electrons. The average Bonchev–Trinajstić information content (AvgIpc) is 2.70. The van der Waals surface area contributed by atoms with E-state index < -0.39 is 0 Å². The minimum atomic E-state index is 0.202. The van der Waals surface area contributed by atoms with Crippen LogP contribution in [0.25, 0.3) is 0 Å². The Labute approximate surface area is 117 Å². The highest BCUT2D eigenvalue weighted by molar-refractivity contribution is 9.11. The summed E-state index contributed by atoms with van der Waals surface area (Å²) in [5.41, 5.74) is 2.21. The molecule has 0 saturated carbocycles. The Kier molecular flexibility index (Phi) is 3.89. The van der Waals surface area contributed by atoms with Crippen molar-refractivity contribution in [1.29, 1.82) is 0 Å². The molecule has 0 amide bonds. The molecule has 0 saturated heterocycles. The van der Waals surface area contributed by atoms with Gasteiger partial charge in [0.25, 0.3) is 0 Å². The van der Waals surface area contributed by atoms with Gasteiger partial charge in [0.2, 0.25) is 0 Å². The predicted octanol–water partition coefficient (Wildman–Crippen LogP) is 4.12. The molecule has 0 spiro atoms. The van der Waals surface area contributed by atoms with Crippen LogP contribution in [0.3, 0.4) is 0 Å². The molecule has 0 aliphatic heterocycles. The zero-order chi connectivity index (χ0) is 12.4. The number of anilines is 1. The molecule has 1 aromatic heterocycles. The lowest BCUT2D eigenvalue weighted by Gasteiger charge is -2.17. The van der Waals surface area contributed by atoms with Crippen LogP contribution in [-0.4, -0.2) is 9.78 Å². The summed E-state index contributed by atoms with van der Waals surface area (Å²) in [4.78, 5) is 0. The number of benzene rings is 1. The summed E-state index contributed by atoms with van der Waals surface area (Å²) in [5, 5.41) is 7.63. The van der Waals surface area contributed by atoms with E-state index in [-0.39, 0.29) is 6.04 Å². The van der Waals surface area contributed by atoms with Gasteiger partial charge in [0.1, 0.15) is 0 Å². The molecule has 1 aromatic carbocycles. The van der Waals surface area contributed by atoms with E-state index in [0.717, 1.165) is 20.3 Å². The van der Waals surface area contributed by atoms with Crippen LogP contribution >= 0.6 is 31.9 Å². The molecular weight excluding hydrogens is 346 g/mol. The third kappa shape index (κ3) is 2.90. The Hall–Kier alpha value is -0.810. The quantitative estimate of drug-likeness (QED) is 0.894. The first-order valence-electron chi connectivity index (χ1n) is 5.27. The SMILES string of the molecule is CC(Nc1cc(Br)ccc1Br)c1ccnn1C. The molecule has 1 heterocycles. The zero-order valence-corrected chi connectivity index (χ0v) is 12.8. The highest BCUT2D eigenvalue weighted by atomic mass is 79.9. The molecule has 0 bridgehead atoms. The van der Waals surface area contributed by atoms with Crippen molar-refractivity contribution in [3.63, 3.8) is 0 Å². The maximum Gasteiger partial charge on any atom is 0.0654 e. The number of nitrogens with one attached hydrogen (secondary N) is 1. The molecule has 1 N–H and O–H groups in total. The molecule has 2 aromatic rings. The van der Waals surface area contributed by atoms with Gasteiger partial charge < -0.3 is 5.32 Å². The minimum absolute atomic E-state index is 0.202. The molecule has 0 fully saturated rings. The lowest BCUT2D eigenvalue weighted by Crippen LogP contribution is -2.11. The van der Waals surface area contributed by atoms with Crippen molar-refractivity contribution in [2.24, 2.45) is 7.05 Å². The number of nitrogens with zero attached hydrogens (tertiary/aromatic N) is 2. The summed E-state index contributed by atoms with van der Waals surface area (Å²) in [6, 6.07) is 8.29. The number of halogens is 2. The van der Waals surface area contributed by atoms with Crippen LogP contribution in [-0.2, 0) is 7.05 Å². The van der Waals surface area contributed by atoms with Gasteiger partial charge in [-0.05, 0) is 47.1 Å². The van der Waals surface area contributed by atoms with Gasteiger partial charge in [0.15, 0.2) is 0 Å². The van der Waals surface area contributed by atoms with Crippen molar-refractivity contribution in [2.75, 3.05) is 5.32 Å². The van der Waals surface area contributed by atoms with Crippen molar-refractivity contribution < 1.29 is 0 Å². The Morgan fingerprint density at radius 3 is 2.71 bits per heavy atom. The first-order valence-corrected chi connectivity index (χ1v) is 6.86. The molecule has 0 aliphatic rings. The lowest BCUT2D eigenvalue weighted by molar-refractivity contribution is 0.675. The molecule has 1 unspecified atom stereocenters. The second kappa shape index (κ2) is 5.23. The van der Waals surface area contributed by atoms with Gasteiger partial charge in [-0.2, -0.15) is 5.10 Å². The van der Waals surface area contributed by atoms with E-state index in [1.807, 2.05) is 36.1 Å². The summed E-state index contributed by atoms with van der Waals surface area (Å²) in [6.45, 7) is 2.12. The van der Waals surface area contributed by atoms with Crippen LogP contribution in [0.2, 0.25) is 0 Å². The largest absolute Gasteiger partial charge is 0.376 e. The van der Waals surface area contributed by atoms with Gasteiger partial charge in [0, 0.05) is 22.2 Å². The van der Waals surface area contributed by atoms with Crippen molar-refractivity contribution in [1.82, 2.24) is 9.78 Å². The minimum Gasteiger partial charge on any atom is -0.376 e. The maximum absolute atomic E-state index is 4.17. The molecule has 0 aliphatic carbocycles. The Balaban J connectivity index is 2.21. The number of hydrogen-bond acceptors (Lipinski definition) is 2. The van der Waals surface area contributed by atoms with Crippen LogP contribution in [0, 0.1) is 0 Å². The molecule has 2 rings (SSSR count). The molecular formula is C12H13Br2N3. The summed E-state index contributed by atoms with van der Waals surface area (Å²) in [6.07, 6.45) is 1.81. The predicted molar refractivity (Wildman–Crippen MR) is 77.1 cm³/mol. The first kappa shape index (κ1) is 12.6. The van der Waals surface area contributed by atoms with E-state index in [2.05, 4.69) is 55.3 Å². The Bertz CT molecular complexity index is 522. The summed E-state index contributed by atoms with van der Waals surface area (Å²) in [7, 11) is 1.95. The van der Waals surface area contributed by atoms with Gasteiger partial charge in [-0.1, -0.05) is 15.9 Å². The molecule has 1 atom stereocenters. The monoisotopic (exact) mass is 357 g/mol. The summed E-state index contributed by atoms with van der Waals surface area (Å²) >= 11 is 7.01. The fourth-order valence-corrected chi connectivity index (χ4v) is 2.45. The Morgan fingerprint density at radius 2 is 2.06 bits per heavy atom. The van der Waals surface area contributed by atoms with Crippen molar-refractivity contribution in [3.05, 3.63) is 45.1 Å². The normalized spacial score (nSPS) is 12.5. The number of hydrogen-bond donors (Lipinski definition) is 1. The van der Waals surface area contributed by atoms with Gasteiger partial charge in [-0.25, -0.2) is 0 Å². The van der Waals surface area contributed by atoms with E-state index >= 15 is 0 Å². The average molecular weight is 359 g/mol. The van der Waals surface area contributed by atoms with Gasteiger partial charge >= 0.3 is 0 Å². The molecule has 17 heavy (non-hydrogen) atoms. The molecule has 5 heteroatoms. The van der Waals surface area contributed by atoms with Crippen LogP contribution in [0.4, 0.5) is 5.69 Å². The van der Waals surface area contributed by atoms with Gasteiger partial charge in [-0.3, -0.25) is 4.68 Å². The van der Waals surface area contributed by atoms with E-state index in [1.54, 1.807) is 0 Å². The third-order valence-corrected chi connectivity index (χ3v) is 3.79. The number of aryl methyl sites for hydroxylation is 1. The van der Waals surface area contributed by atoms with Crippen LogP contribution in [0.5, 0.6) is 0 Å². The van der Waals surface area contributed by atoms with Gasteiger partial charge in [0.05, 0.1) is 17.4 Å². The first-order chi connectivity index (χ1) is 8.08. The smallest absolute Gasteiger partial charge is 0.0654 e. The molecule has 3 nitrogen and oxygen atoms in total. The number of rotatable bonds is 3. The van der Waals surface area contributed by atoms with E-state index in [0.29, 0.717) is 0 Å². The van der Waals surface area contributed by atoms with Crippen molar-refractivity contribution in [2.45, 2.75) is 13.0 Å². The Morgan fingerprint density at radius 1 is 1.29 bits per heavy atom. The van der Waals surface area contributed by atoms with Gasteiger partial charge in [-0.15, -0.1) is 0 Å². The maximum atomic E-state index is 4.17. The van der Waals surface area contributed by atoms with Crippen molar-refractivity contribution in [3.8, 4) is 0 Å². The standard InChI is InChI=1S/C12H13Br2N3/c1-8(12-5-6-15-17(12)2)16-11-7-9(13)3-4-10(11)14/h3-8,16H,1-2H3. The highest BCUT2D eigenvalue weighted by Gasteiger charge is 2.10. The van der Waals surface area contributed by atoms with E-state index in [9.17, 15) is 0 Å². The number of aromatic nitrogens is 2. The summed E-state index contributed by atoms with van der Waals surface area (Å²) in [5.74, 6) is 0. The second-order valence-corrected chi connectivity index (χ2v) is 5.64. The van der Waals surface area contributed by atoms with E-state index in [4.69, 9.17) is 0 Å². The topological polar surface area (TPSA) is 29.9 Å². The second-order valence-electron chi connectivity index (χ2n) is 3.87. The highest BCUT2D eigenvalue weighted by Crippen LogP contribution is 2.29. The van der Waals surface area contributed by atoms with Crippen molar-refractivity contribution >= 4 is 37.5 Å². The summed E-state index contributed by atoms with van der Waals surface area (Å²) < 4.78 is 3.99. The van der Waals surface area contributed by atoms with E-state index in [1.165, 1.54) is 0 Å².